The maximum atomic E-state index is 13.3. The van der Waals surface area contributed by atoms with E-state index in [-0.39, 0.29) is 17.3 Å². The summed E-state index contributed by atoms with van der Waals surface area (Å²) in [5.74, 6) is -0.423. The number of hydrogen-bond acceptors (Lipinski definition) is 8. The number of nitrogens with one attached hydrogen (secondary N) is 1. The number of fused-ring (bicyclic) bond motifs is 1. The number of benzene rings is 2. The third-order valence-electron chi connectivity index (χ3n) is 6.38. The van der Waals surface area contributed by atoms with Crippen molar-refractivity contribution in [3.8, 4) is 11.4 Å². The Morgan fingerprint density at radius 2 is 1.97 bits per heavy atom. The van der Waals surface area contributed by atoms with Crippen LogP contribution in [-0.2, 0) is 17.6 Å². The molecule has 2 aromatic heterocycles. The molecule has 5 rings (SSSR count). The summed E-state index contributed by atoms with van der Waals surface area (Å²) < 4.78 is 16.6. The third-order valence-corrected chi connectivity index (χ3v) is 7.53. The highest BCUT2D eigenvalue weighted by Crippen LogP contribution is 2.44. The van der Waals surface area contributed by atoms with Gasteiger partial charge in [0.25, 0.3) is 0 Å². The Labute approximate surface area is 216 Å². The highest BCUT2D eigenvalue weighted by atomic mass is 32.1. The lowest BCUT2D eigenvalue weighted by Crippen LogP contribution is -2.44. The summed E-state index contributed by atoms with van der Waals surface area (Å²) in [6, 6.07) is 16.9. The van der Waals surface area contributed by atoms with Gasteiger partial charge in [-0.05, 0) is 65.3 Å². The number of carbonyl (C=O) groups excluding carboxylic acids is 1. The second kappa shape index (κ2) is 10.4. The van der Waals surface area contributed by atoms with Gasteiger partial charge in [0.05, 0.1) is 25.2 Å². The van der Waals surface area contributed by atoms with Crippen LogP contribution in [0.4, 0.5) is 5.00 Å². The number of aromatic nitrogens is 2. The van der Waals surface area contributed by atoms with Crippen molar-refractivity contribution < 1.29 is 28.6 Å². The van der Waals surface area contributed by atoms with Gasteiger partial charge in [0.15, 0.2) is 0 Å². The van der Waals surface area contributed by atoms with E-state index in [1.54, 1.807) is 38.3 Å². The average Bonchev–Trinajstić information content (AvgIpc) is 3.48. The second-order valence-corrected chi connectivity index (χ2v) is 9.62. The van der Waals surface area contributed by atoms with Crippen molar-refractivity contribution >= 4 is 28.2 Å². The topological polar surface area (TPSA) is 121 Å². The van der Waals surface area contributed by atoms with Gasteiger partial charge in [0.2, 0.25) is 5.69 Å². The zero-order valence-corrected chi connectivity index (χ0v) is 21.2. The minimum Gasteiger partial charge on any atom is -0.854 e. The van der Waals surface area contributed by atoms with E-state index in [4.69, 9.17) is 14.0 Å². The molecule has 0 saturated heterocycles. The Morgan fingerprint density at radius 3 is 2.68 bits per heavy atom. The molecular weight excluding hydrogens is 494 g/mol. The normalized spacial score (nSPS) is 15.3. The molecule has 1 atom stereocenters. The fraction of sp³-hybridized carbons (Fsp3) is 0.259. The van der Waals surface area contributed by atoms with Crippen molar-refractivity contribution in [2.45, 2.75) is 32.1 Å². The monoisotopic (exact) mass is 519 g/mol. The lowest BCUT2D eigenvalue weighted by atomic mass is 9.83. The molecule has 10 heteroatoms. The van der Waals surface area contributed by atoms with E-state index >= 15 is 0 Å². The van der Waals surface area contributed by atoms with E-state index in [1.807, 2.05) is 18.2 Å². The van der Waals surface area contributed by atoms with Crippen LogP contribution in [0.15, 0.2) is 68.9 Å². The number of hydrogen-bond donors (Lipinski definition) is 1. The minimum absolute atomic E-state index is 0.197. The largest absolute Gasteiger partial charge is 0.854 e. The molecule has 0 spiro atoms. The molecule has 0 saturated carbocycles. The van der Waals surface area contributed by atoms with Crippen LogP contribution in [0.3, 0.4) is 0 Å². The summed E-state index contributed by atoms with van der Waals surface area (Å²) in [5.41, 5.74) is 1.71. The molecule has 0 fully saturated rings. The van der Waals surface area contributed by atoms with E-state index in [9.17, 15) is 14.7 Å². The van der Waals surface area contributed by atoms with Gasteiger partial charge in [0, 0.05) is 17.0 Å². The van der Waals surface area contributed by atoms with Crippen LogP contribution in [-0.4, -0.2) is 30.9 Å². The van der Waals surface area contributed by atoms with E-state index in [0.717, 1.165) is 23.3 Å². The number of esters is 1. The van der Waals surface area contributed by atoms with Crippen LogP contribution in [0.2, 0.25) is 0 Å². The number of nitrogens with zero attached hydrogens (tertiary/aromatic N) is 2. The molecule has 9 nitrogen and oxygen atoms in total. The Bertz CT molecular complexity index is 1500. The maximum Gasteiger partial charge on any atom is 0.436 e. The molecule has 0 aliphatic heterocycles. The zero-order chi connectivity index (χ0) is 25.9. The molecule has 4 aromatic rings. The van der Waals surface area contributed by atoms with E-state index in [1.165, 1.54) is 21.6 Å². The molecule has 1 aliphatic carbocycles. The number of thiophene rings is 1. The molecule has 37 heavy (non-hydrogen) atoms. The van der Waals surface area contributed by atoms with Crippen LogP contribution in [0, 0.1) is 0 Å². The third kappa shape index (κ3) is 4.79. The Kier molecular flexibility index (Phi) is 6.91. The molecule has 2 heterocycles. The Morgan fingerprint density at radius 1 is 1.22 bits per heavy atom. The van der Waals surface area contributed by atoms with Crippen molar-refractivity contribution in [3.05, 3.63) is 92.3 Å². The summed E-state index contributed by atoms with van der Waals surface area (Å²) in [6.45, 7) is 1.93. The van der Waals surface area contributed by atoms with Gasteiger partial charge in [-0.15, -0.1) is 11.3 Å². The van der Waals surface area contributed by atoms with Gasteiger partial charge in [-0.2, -0.15) is 0 Å². The van der Waals surface area contributed by atoms with Gasteiger partial charge in [-0.25, -0.2) is 14.6 Å². The lowest BCUT2D eigenvalue weighted by molar-refractivity contribution is -0.673. The first-order chi connectivity index (χ1) is 18.0. The van der Waals surface area contributed by atoms with Gasteiger partial charge >= 0.3 is 17.3 Å². The van der Waals surface area contributed by atoms with Crippen LogP contribution in [0.25, 0.3) is 5.69 Å². The highest BCUT2D eigenvalue weighted by Gasteiger charge is 2.31. The number of methoxy groups -OCH3 is 1. The van der Waals surface area contributed by atoms with E-state index in [0.29, 0.717) is 29.3 Å². The predicted molar refractivity (Wildman–Crippen MR) is 135 cm³/mol. The van der Waals surface area contributed by atoms with Crippen LogP contribution >= 0.6 is 11.3 Å². The van der Waals surface area contributed by atoms with E-state index < -0.39 is 17.5 Å². The van der Waals surface area contributed by atoms with Crippen LogP contribution in [0.1, 0.15) is 51.3 Å². The first-order valence-corrected chi connectivity index (χ1v) is 12.7. The number of H-pyrrole nitrogens is 1. The smallest absolute Gasteiger partial charge is 0.436 e. The molecule has 1 unspecified atom stereocenters. The molecule has 1 aliphatic rings. The van der Waals surface area contributed by atoms with Gasteiger partial charge < -0.3 is 14.6 Å². The summed E-state index contributed by atoms with van der Waals surface area (Å²) >= 11 is 1.30. The summed E-state index contributed by atoms with van der Waals surface area (Å²) in [6.07, 6.45) is 2.27. The quantitative estimate of drug-likeness (QED) is 0.173. The predicted octanol–water partition coefficient (Wildman–Crippen LogP) is 3.20. The van der Waals surface area contributed by atoms with Crippen molar-refractivity contribution in [3.63, 3.8) is 0 Å². The first-order valence-electron chi connectivity index (χ1n) is 11.9. The minimum atomic E-state index is -0.868. The molecule has 190 valence electrons. The molecule has 0 radical (unpaired) electrons. The van der Waals surface area contributed by atoms with Crippen molar-refractivity contribution in [1.82, 2.24) is 5.27 Å². The number of aromatic amines is 1. The summed E-state index contributed by atoms with van der Waals surface area (Å²) in [4.78, 5) is 30.7. The van der Waals surface area contributed by atoms with Crippen LogP contribution < -0.4 is 20.2 Å². The van der Waals surface area contributed by atoms with Gasteiger partial charge in [-0.3, -0.25) is 4.52 Å². The zero-order valence-electron chi connectivity index (χ0n) is 20.4. The summed E-state index contributed by atoms with van der Waals surface area (Å²) in [7, 11) is 1.54. The standard InChI is InChI=1S/C27H25N3O6S/c1-3-35-26(32)22-20-14-9-17(16-7-5-4-6-8-16)15-21(20)37-25(22)28-24(31)23-27(33)36-29-30(23)18-10-12-19(34-2)13-11-18/h4-8,10-13,17H,3,9,14-15H2,1-2H3,(H-,28,29,31,32,33). The SMILES string of the molecule is CCOC(=O)c1c(/N=C(\[O-])c2c(=O)o[nH][n+]2-c2ccc(OC)cc2)sc2c1CCC(c1ccccc1)C2. The van der Waals surface area contributed by atoms with Crippen molar-refractivity contribution in [2.75, 3.05) is 13.7 Å². The number of aliphatic imine (C=N–C) groups is 1. The van der Waals surface area contributed by atoms with Crippen LogP contribution in [0.5, 0.6) is 5.75 Å². The molecule has 0 bridgehead atoms. The molecule has 0 amide bonds. The lowest BCUT2D eigenvalue weighted by Gasteiger charge is -2.23. The second-order valence-electron chi connectivity index (χ2n) is 8.53. The average molecular weight is 520 g/mol. The highest BCUT2D eigenvalue weighted by molar-refractivity contribution is 7.16. The maximum absolute atomic E-state index is 13.3. The van der Waals surface area contributed by atoms with E-state index in [2.05, 4.69) is 22.4 Å². The fourth-order valence-electron chi connectivity index (χ4n) is 4.59. The van der Waals surface area contributed by atoms with Gasteiger partial charge in [0.1, 0.15) is 10.8 Å². The molecule has 1 N–H and O–H groups in total. The fourth-order valence-corrected chi connectivity index (χ4v) is 5.87. The van der Waals surface area contributed by atoms with Crippen molar-refractivity contribution in [1.29, 1.82) is 0 Å². The number of carbonyl (C=O) groups is 1. The number of rotatable bonds is 7. The Balaban J connectivity index is 1.55. The molecular formula is C27H25N3O6S. The van der Waals surface area contributed by atoms with Gasteiger partial charge in [-0.1, -0.05) is 30.3 Å². The summed E-state index contributed by atoms with van der Waals surface area (Å²) in [5, 5.41) is 16.0. The van der Waals surface area contributed by atoms with Crippen molar-refractivity contribution in [2.24, 2.45) is 4.99 Å². The molecule has 2 aromatic carbocycles. The number of ether oxygens (including phenoxy) is 2. The first kappa shape index (κ1) is 24.5. The Hall–Kier alpha value is -4.18.